The standard InChI is InChI=1S/C77H126O6/c1-4-7-10-13-16-19-22-25-28-31-33-35-36-37-38-39-40-42-43-46-49-52-55-58-61-64-67-70-76(79)82-73-74(72-81-75(78)69-66-63-60-57-54-51-48-45-30-27-24-21-18-15-12-9-6-3)83-77(80)71-68-65-62-59-56-53-50-47-44-41-34-32-29-26-23-20-17-14-11-8-5-2/h7,9-10,12,16,18-19,21,23,25-28,30,32-35,44,47-48,51,57,60,74H,4-6,8,11,13-15,17,20,22,24,29,31,36-43,45-46,49-50,52-56,58-59,61-73H2,1-3H3/b10-7-,12-9-,19-16-,21-18-,26-23-,28-25-,30-27-,34-32-,35-33-,47-44-,51-48-,60-57-. The molecule has 6 nitrogen and oxygen atoms in total. The minimum atomic E-state index is -0.816. The predicted octanol–water partition coefficient (Wildman–Crippen LogP) is 23.9. The highest BCUT2D eigenvalue weighted by Crippen LogP contribution is 2.16. The van der Waals surface area contributed by atoms with Crippen LogP contribution in [-0.4, -0.2) is 37.2 Å². The molecule has 0 amide bonds. The second kappa shape index (κ2) is 69.8. The van der Waals surface area contributed by atoms with Gasteiger partial charge in [-0.3, -0.25) is 14.4 Å². The van der Waals surface area contributed by atoms with Gasteiger partial charge in [-0.1, -0.05) is 295 Å². The van der Waals surface area contributed by atoms with Crippen LogP contribution >= 0.6 is 0 Å². The summed E-state index contributed by atoms with van der Waals surface area (Å²) in [6, 6.07) is 0. The van der Waals surface area contributed by atoms with Crippen LogP contribution in [0.15, 0.2) is 146 Å². The molecule has 0 aliphatic heterocycles. The highest BCUT2D eigenvalue weighted by atomic mass is 16.6. The molecule has 83 heavy (non-hydrogen) atoms. The van der Waals surface area contributed by atoms with Gasteiger partial charge < -0.3 is 14.2 Å². The zero-order valence-corrected chi connectivity index (χ0v) is 53.9. The number of unbranched alkanes of at least 4 members (excludes halogenated alkanes) is 26. The minimum Gasteiger partial charge on any atom is -0.462 e. The van der Waals surface area contributed by atoms with Crippen molar-refractivity contribution in [3.63, 3.8) is 0 Å². The van der Waals surface area contributed by atoms with E-state index in [4.69, 9.17) is 14.2 Å². The van der Waals surface area contributed by atoms with Crippen molar-refractivity contribution in [2.75, 3.05) is 13.2 Å². The molecule has 6 heteroatoms. The second-order valence-corrected chi connectivity index (χ2v) is 22.3. The molecule has 0 saturated carbocycles. The van der Waals surface area contributed by atoms with Crippen LogP contribution in [0.1, 0.15) is 303 Å². The smallest absolute Gasteiger partial charge is 0.306 e. The van der Waals surface area contributed by atoms with Crippen LogP contribution < -0.4 is 0 Å². The van der Waals surface area contributed by atoms with E-state index in [1.165, 1.54) is 128 Å². The molecule has 0 spiro atoms. The number of esters is 3. The maximum absolute atomic E-state index is 12.9. The molecule has 0 fully saturated rings. The van der Waals surface area contributed by atoms with Crippen LogP contribution in [-0.2, 0) is 28.6 Å². The first-order chi connectivity index (χ1) is 41.0. The Kier molecular flexibility index (Phi) is 65.8. The Morgan fingerprint density at radius 1 is 0.253 bits per heavy atom. The lowest BCUT2D eigenvalue weighted by Crippen LogP contribution is -2.30. The number of ether oxygens (including phenoxy) is 3. The third-order valence-corrected chi connectivity index (χ3v) is 14.3. The molecule has 0 N–H and O–H groups in total. The normalized spacial score (nSPS) is 13.0. The van der Waals surface area contributed by atoms with E-state index >= 15 is 0 Å². The van der Waals surface area contributed by atoms with Gasteiger partial charge in [0.05, 0.1) is 0 Å². The summed E-state index contributed by atoms with van der Waals surface area (Å²) in [5.41, 5.74) is 0. The molecule has 0 saturated heterocycles. The van der Waals surface area contributed by atoms with Gasteiger partial charge in [-0.2, -0.15) is 0 Å². The molecule has 0 aromatic heterocycles. The lowest BCUT2D eigenvalue weighted by atomic mass is 10.0. The van der Waals surface area contributed by atoms with Crippen molar-refractivity contribution in [2.24, 2.45) is 0 Å². The number of carbonyl (C=O) groups excluding carboxylic acids is 3. The summed E-state index contributed by atoms with van der Waals surface area (Å²) in [5.74, 6) is -0.975. The average Bonchev–Trinajstić information content (AvgIpc) is 3.50. The number of carbonyl (C=O) groups is 3. The SMILES string of the molecule is CC/C=C\C/C=C\C/C=C\C/C=C\C/C=C\CCCC(=O)OCC(COC(=O)CCCCCCCCCCCCCCCC/C=C\C/C=C\C/C=C\C/C=C\CC)OC(=O)CCCCCCCC/C=C\C/C=C\C/C=C\CCCCCCC. The molecule has 0 heterocycles. The average molecular weight is 1150 g/mol. The molecule has 0 aliphatic rings. The van der Waals surface area contributed by atoms with Crippen LogP contribution in [0, 0.1) is 0 Å². The molecular formula is C77H126O6. The fraction of sp³-hybridized carbons (Fsp3) is 0.649. The van der Waals surface area contributed by atoms with Gasteiger partial charge >= 0.3 is 17.9 Å². The molecule has 1 atom stereocenters. The molecule has 0 aliphatic carbocycles. The van der Waals surface area contributed by atoms with Crippen LogP contribution in [0.25, 0.3) is 0 Å². The van der Waals surface area contributed by atoms with Crippen molar-refractivity contribution in [2.45, 2.75) is 309 Å². The van der Waals surface area contributed by atoms with E-state index in [0.717, 1.165) is 128 Å². The Labute approximate surface area is 512 Å². The Morgan fingerprint density at radius 3 is 0.783 bits per heavy atom. The minimum absolute atomic E-state index is 0.105. The fourth-order valence-corrected chi connectivity index (χ4v) is 9.24. The number of rotatable bonds is 61. The van der Waals surface area contributed by atoms with Gasteiger partial charge in [0.15, 0.2) is 6.10 Å². The summed E-state index contributed by atoms with van der Waals surface area (Å²) in [6.45, 7) is 6.36. The first-order valence-electron chi connectivity index (χ1n) is 34.3. The van der Waals surface area contributed by atoms with Crippen molar-refractivity contribution in [3.8, 4) is 0 Å². The Hall–Kier alpha value is -4.71. The lowest BCUT2D eigenvalue weighted by Gasteiger charge is -2.18. The van der Waals surface area contributed by atoms with E-state index in [2.05, 4.69) is 167 Å². The Balaban J connectivity index is 4.43. The molecular weight excluding hydrogens is 1020 g/mol. The van der Waals surface area contributed by atoms with Crippen molar-refractivity contribution in [1.82, 2.24) is 0 Å². The van der Waals surface area contributed by atoms with Gasteiger partial charge in [-0.05, 0) is 135 Å². The van der Waals surface area contributed by atoms with Gasteiger partial charge in [-0.15, -0.1) is 0 Å². The van der Waals surface area contributed by atoms with E-state index in [-0.39, 0.29) is 37.5 Å². The zero-order valence-electron chi connectivity index (χ0n) is 53.9. The molecule has 0 aromatic carbocycles. The number of allylic oxidation sites excluding steroid dienone is 24. The Bertz CT molecular complexity index is 1800. The molecule has 0 rings (SSSR count). The van der Waals surface area contributed by atoms with E-state index in [9.17, 15) is 14.4 Å². The van der Waals surface area contributed by atoms with E-state index in [0.29, 0.717) is 19.3 Å². The zero-order chi connectivity index (χ0) is 59.9. The van der Waals surface area contributed by atoms with Gasteiger partial charge in [0, 0.05) is 19.3 Å². The van der Waals surface area contributed by atoms with Crippen LogP contribution in [0.2, 0.25) is 0 Å². The quantitative estimate of drug-likeness (QED) is 0.0261. The summed E-state index contributed by atoms with van der Waals surface area (Å²) < 4.78 is 16.9. The summed E-state index contributed by atoms with van der Waals surface area (Å²) in [4.78, 5) is 38.4. The van der Waals surface area contributed by atoms with Gasteiger partial charge in [0.1, 0.15) is 13.2 Å². The second-order valence-electron chi connectivity index (χ2n) is 22.3. The maximum Gasteiger partial charge on any atom is 0.306 e. The molecule has 0 aromatic rings. The highest BCUT2D eigenvalue weighted by Gasteiger charge is 2.19. The maximum atomic E-state index is 12.9. The topological polar surface area (TPSA) is 78.9 Å². The first kappa shape index (κ1) is 78.3. The van der Waals surface area contributed by atoms with Gasteiger partial charge in [0.25, 0.3) is 0 Å². The third-order valence-electron chi connectivity index (χ3n) is 14.3. The van der Waals surface area contributed by atoms with Crippen molar-refractivity contribution >= 4 is 17.9 Å². The lowest BCUT2D eigenvalue weighted by molar-refractivity contribution is -0.167. The largest absolute Gasteiger partial charge is 0.462 e. The predicted molar refractivity (Wildman–Crippen MR) is 362 cm³/mol. The molecule has 470 valence electrons. The van der Waals surface area contributed by atoms with Crippen LogP contribution in [0.4, 0.5) is 0 Å². The molecule has 0 radical (unpaired) electrons. The van der Waals surface area contributed by atoms with Crippen molar-refractivity contribution in [3.05, 3.63) is 146 Å². The highest BCUT2D eigenvalue weighted by molar-refractivity contribution is 5.71. The summed E-state index contributed by atoms with van der Waals surface area (Å²) in [5, 5.41) is 0. The fourth-order valence-electron chi connectivity index (χ4n) is 9.24. The first-order valence-corrected chi connectivity index (χ1v) is 34.3. The van der Waals surface area contributed by atoms with Crippen molar-refractivity contribution in [1.29, 1.82) is 0 Å². The van der Waals surface area contributed by atoms with E-state index in [1.54, 1.807) is 0 Å². The van der Waals surface area contributed by atoms with Gasteiger partial charge in [-0.25, -0.2) is 0 Å². The van der Waals surface area contributed by atoms with Gasteiger partial charge in [0.2, 0.25) is 0 Å². The monoisotopic (exact) mass is 1150 g/mol. The summed E-state index contributed by atoms with van der Waals surface area (Å²) >= 11 is 0. The van der Waals surface area contributed by atoms with Crippen LogP contribution in [0.5, 0.6) is 0 Å². The Morgan fingerprint density at radius 2 is 0.482 bits per heavy atom. The third kappa shape index (κ3) is 68.0. The van der Waals surface area contributed by atoms with E-state index < -0.39 is 6.10 Å². The summed E-state index contributed by atoms with van der Waals surface area (Å²) in [7, 11) is 0. The van der Waals surface area contributed by atoms with Crippen molar-refractivity contribution < 1.29 is 28.6 Å². The molecule has 0 bridgehead atoms. The molecule has 1 unspecified atom stereocenters. The number of hydrogen-bond acceptors (Lipinski definition) is 6. The van der Waals surface area contributed by atoms with E-state index in [1.807, 2.05) is 0 Å². The summed E-state index contributed by atoms with van der Waals surface area (Å²) in [6.07, 6.45) is 100. The van der Waals surface area contributed by atoms with Crippen LogP contribution in [0.3, 0.4) is 0 Å². The number of hydrogen-bond donors (Lipinski definition) is 0.